The Bertz CT molecular complexity index is 574. The predicted molar refractivity (Wildman–Crippen MR) is 70.1 cm³/mol. The first-order valence-electron chi connectivity index (χ1n) is 6.04. The topological polar surface area (TPSA) is 66.2 Å². The van der Waals surface area contributed by atoms with Crippen LogP contribution in [0.25, 0.3) is 0 Å². The highest BCUT2D eigenvalue weighted by atomic mass is 19.4. The Morgan fingerprint density at radius 3 is 1.86 bits per heavy atom. The molecule has 0 saturated carbocycles. The largest absolute Gasteiger partial charge is 0.433 e. The molecule has 2 rings (SSSR count). The Morgan fingerprint density at radius 1 is 0.905 bits per heavy atom. The first-order chi connectivity index (χ1) is 9.86. The highest BCUT2D eigenvalue weighted by Crippen LogP contribution is 2.27. The number of hydrogen-bond donors (Lipinski definition) is 2. The van der Waals surface area contributed by atoms with Crippen LogP contribution < -0.4 is 0 Å². The minimum absolute atomic E-state index is 0.0184. The molecule has 0 aromatic carbocycles. The van der Waals surface area contributed by atoms with Crippen LogP contribution >= 0.6 is 0 Å². The molecule has 0 spiro atoms. The van der Waals surface area contributed by atoms with E-state index in [2.05, 4.69) is 9.97 Å². The summed E-state index contributed by atoms with van der Waals surface area (Å²) in [6, 6.07) is 8.98. The van der Waals surface area contributed by atoms with Crippen molar-refractivity contribution in [1.29, 1.82) is 0 Å². The molecular weight excluding hydrogens is 285 g/mol. The Labute approximate surface area is 119 Å². The number of aliphatic hydroxyl groups excluding tert-OH is 2. The molecular formula is C14H15F3N2O2. The zero-order valence-corrected chi connectivity index (χ0v) is 11.3. The van der Waals surface area contributed by atoms with Gasteiger partial charge in [-0.25, -0.2) is 4.98 Å². The second-order valence-electron chi connectivity index (χ2n) is 4.10. The fourth-order valence-corrected chi connectivity index (χ4v) is 1.41. The summed E-state index contributed by atoms with van der Waals surface area (Å²) in [6.45, 7) is 1.45. The van der Waals surface area contributed by atoms with Crippen LogP contribution in [0.3, 0.4) is 0 Å². The van der Waals surface area contributed by atoms with Crippen molar-refractivity contribution in [2.75, 3.05) is 0 Å². The van der Waals surface area contributed by atoms with Gasteiger partial charge in [0.25, 0.3) is 0 Å². The molecule has 0 aliphatic rings. The molecule has 4 nitrogen and oxygen atoms in total. The summed E-state index contributed by atoms with van der Waals surface area (Å²) < 4.78 is 35.9. The Kier molecular flexibility index (Phi) is 6.26. The molecule has 0 amide bonds. The lowest BCUT2D eigenvalue weighted by Crippen LogP contribution is -2.08. The highest BCUT2D eigenvalue weighted by Gasteiger charge is 2.32. The molecule has 0 atom stereocenters. The normalized spacial score (nSPS) is 10.8. The zero-order valence-electron chi connectivity index (χ0n) is 11.3. The van der Waals surface area contributed by atoms with Crippen molar-refractivity contribution in [3.8, 4) is 0 Å². The van der Waals surface area contributed by atoms with Gasteiger partial charge < -0.3 is 10.2 Å². The lowest BCUT2D eigenvalue weighted by molar-refractivity contribution is -0.141. The molecule has 2 aromatic heterocycles. The third-order valence-corrected chi connectivity index (χ3v) is 2.37. The van der Waals surface area contributed by atoms with E-state index >= 15 is 0 Å². The van der Waals surface area contributed by atoms with Gasteiger partial charge in [0.2, 0.25) is 0 Å². The third kappa shape index (κ3) is 5.88. The average Bonchev–Trinajstić information content (AvgIpc) is 2.47. The third-order valence-electron chi connectivity index (χ3n) is 2.37. The molecule has 0 radical (unpaired) electrons. The van der Waals surface area contributed by atoms with E-state index in [1.165, 1.54) is 12.1 Å². The van der Waals surface area contributed by atoms with Crippen LogP contribution in [-0.2, 0) is 19.4 Å². The number of aromatic nitrogens is 2. The molecule has 0 aliphatic heterocycles. The summed E-state index contributed by atoms with van der Waals surface area (Å²) in [4.78, 5) is 7.23. The number of rotatable bonds is 2. The van der Waals surface area contributed by atoms with Gasteiger partial charge in [-0.1, -0.05) is 12.1 Å². The summed E-state index contributed by atoms with van der Waals surface area (Å²) in [7, 11) is 0. The van der Waals surface area contributed by atoms with Crippen LogP contribution in [0.15, 0.2) is 36.4 Å². The average molecular weight is 300 g/mol. The van der Waals surface area contributed by atoms with Gasteiger partial charge in [-0.2, -0.15) is 13.2 Å². The predicted octanol–water partition coefficient (Wildman–Crippen LogP) is 2.48. The minimum atomic E-state index is -4.44. The van der Waals surface area contributed by atoms with Crippen LogP contribution in [0.1, 0.15) is 22.8 Å². The van der Waals surface area contributed by atoms with Gasteiger partial charge in [0.15, 0.2) is 0 Å². The number of alkyl halides is 3. The number of hydrogen-bond acceptors (Lipinski definition) is 4. The van der Waals surface area contributed by atoms with E-state index in [1.54, 1.807) is 6.07 Å². The summed E-state index contributed by atoms with van der Waals surface area (Å²) in [6.07, 6.45) is -4.44. The maximum Gasteiger partial charge on any atom is 0.433 e. The standard InChI is InChI=1S/C7H6F3NO.C7H9NO/c8-7(9,10)6-3-1-2-5(4-12)11-6;1-6-3-2-4-7(5-9)8-6/h1-3,12H,4H2;2-4,9H,5H2,1H3. The van der Waals surface area contributed by atoms with E-state index in [4.69, 9.17) is 10.2 Å². The van der Waals surface area contributed by atoms with Gasteiger partial charge in [0.05, 0.1) is 24.6 Å². The summed E-state index contributed by atoms with van der Waals surface area (Å²) in [5, 5.41) is 17.1. The minimum Gasteiger partial charge on any atom is -0.390 e. The number of aryl methyl sites for hydroxylation is 1. The van der Waals surface area contributed by atoms with Crippen molar-refractivity contribution in [3.63, 3.8) is 0 Å². The fraction of sp³-hybridized carbons (Fsp3) is 0.286. The van der Waals surface area contributed by atoms with E-state index in [1.807, 2.05) is 19.1 Å². The second-order valence-corrected chi connectivity index (χ2v) is 4.10. The Hall–Kier alpha value is -1.99. The molecule has 114 valence electrons. The molecule has 2 N–H and O–H groups in total. The summed E-state index contributed by atoms with van der Waals surface area (Å²) in [5.74, 6) is 0. The molecule has 0 fully saturated rings. The van der Waals surface area contributed by atoms with Crippen molar-refractivity contribution in [2.24, 2.45) is 0 Å². The monoisotopic (exact) mass is 300 g/mol. The van der Waals surface area contributed by atoms with E-state index < -0.39 is 18.5 Å². The van der Waals surface area contributed by atoms with Gasteiger partial charge in [0.1, 0.15) is 5.69 Å². The van der Waals surface area contributed by atoms with Crippen molar-refractivity contribution in [2.45, 2.75) is 26.3 Å². The van der Waals surface area contributed by atoms with Crippen LogP contribution in [0.2, 0.25) is 0 Å². The van der Waals surface area contributed by atoms with E-state index in [0.717, 1.165) is 17.5 Å². The number of nitrogens with zero attached hydrogens (tertiary/aromatic N) is 2. The van der Waals surface area contributed by atoms with Crippen molar-refractivity contribution in [3.05, 3.63) is 59.2 Å². The molecule has 2 aromatic rings. The van der Waals surface area contributed by atoms with Crippen LogP contribution in [0.5, 0.6) is 0 Å². The van der Waals surface area contributed by atoms with Crippen LogP contribution in [-0.4, -0.2) is 20.2 Å². The zero-order chi connectivity index (χ0) is 15.9. The summed E-state index contributed by atoms with van der Waals surface area (Å²) >= 11 is 0. The molecule has 0 unspecified atom stereocenters. The first kappa shape index (κ1) is 17.1. The Balaban J connectivity index is 0.000000219. The molecule has 0 bridgehead atoms. The smallest absolute Gasteiger partial charge is 0.390 e. The van der Waals surface area contributed by atoms with Crippen LogP contribution in [0.4, 0.5) is 13.2 Å². The molecule has 7 heteroatoms. The number of halogens is 3. The molecule has 0 aliphatic carbocycles. The number of aliphatic hydroxyl groups is 2. The van der Waals surface area contributed by atoms with Gasteiger partial charge in [-0.05, 0) is 31.2 Å². The molecule has 2 heterocycles. The van der Waals surface area contributed by atoms with Gasteiger partial charge >= 0.3 is 6.18 Å². The quantitative estimate of drug-likeness (QED) is 0.894. The second kappa shape index (κ2) is 7.70. The first-order valence-corrected chi connectivity index (χ1v) is 6.04. The fourth-order valence-electron chi connectivity index (χ4n) is 1.41. The van der Waals surface area contributed by atoms with Crippen LogP contribution in [0, 0.1) is 6.92 Å². The van der Waals surface area contributed by atoms with Crippen molar-refractivity contribution in [1.82, 2.24) is 9.97 Å². The van der Waals surface area contributed by atoms with Crippen molar-refractivity contribution >= 4 is 0 Å². The Morgan fingerprint density at radius 2 is 1.43 bits per heavy atom. The SMILES string of the molecule is Cc1cccc(CO)n1.OCc1cccc(C(F)(F)F)n1. The lowest BCUT2D eigenvalue weighted by Gasteiger charge is -2.05. The maximum absolute atomic E-state index is 12.0. The van der Waals surface area contributed by atoms with E-state index in [-0.39, 0.29) is 12.3 Å². The molecule has 0 saturated heterocycles. The van der Waals surface area contributed by atoms with E-state index in [9.17, 15) is 13.2 Å². The van der Waals surface area contributed by atoms with Crippen molar-refractivity contribution < 1.29 is 23.4 Å². The summed E-state index contributed by atoms with van der Waals surface area (Å²) in [5.41, 5.74) is 0.718. The van der Waals surface area contributed by atoms with Gasteiger partial charge in [-0.15, -0.1) is 0 Å². The lowest BCUT2D eigenvalue weighted by atomic mass is 10.3. The number of pyridine rings is 2. The van der Waals surface area contributed by atoms with Gasteiger partial charge in [0, 0.05) is 5.69 Å². The maximum atomic E-state index is 12.0. The van der Waals surface area contributed by atoms with Gasteiger partial charge in [-0.3, -0.25) is 4.98 Å². The van der Waals surface area contributed by atoms with E-state index in [0.29, 0.717) is 0 Å². The molecule has 21 heavy (non-hydrogen) atoms. The highest BCUT2D eigenvalue weighted by molar-refractivity contribution is 5.12.